The van der Waals surface area contributed by atoms with Crippen molar-refractivity contribution in [1.29, 1.82) is 0 Å². The van der Waals surface area contributed by atoms with Crippen molar-refractivity contribution in [2.75, 3.05) is 19.8 Å². The molecule has 0 saturated carbocycles. The summed E-state index contributed by atoms with van der Waals surface area (Å²) in [7, 11) is 0. The summed E-state index contributed by atoms with van der Waals surface area (Å²) in [6, 6.07) is -0.805. The van der Waals surface area contributed by atoms with Gasteiger partial charge in [0, 0.05) is 12.8 Å². The summed E-state index contributed by atoms with van der Waals surface area (Å²) in [6.45, 7) is 4.39. The number of hydrogen-bond donors (Lipinski definition) is 6. The zero-order chi connectivity index (χ0) is 61.6. The highest BCUT2D eigenvalue weighted by atomic mass is 16.7. The first-order chi connectivity index (χ1) is 41.7. The van der Waals surface area contributed by atoms with Gasteiger partial charge in [-0.3, -0.25) is 9.59 Å². The minimum atomic E-state index is -1.57. The minimum absolute atomic E-state index is 0.0160. The number of carbonyl (C=O) groups is 2. The van der Waals surface area contributed by atoms with Crippen LogP contribution in [0.2, 0.25) is 0 Å². The van der Waals surface area contributed by atoms with Crippen LogP contribution >= 0.6 is 0 Å². The topological polar surface area (TPSA) is 175 Å². The number of aliphatic hydroxyl groups is 5. The van der Waals surface area contributed by atoms with Gasteiger partial charge in [0.05, 0.1) is 32.0 Å². The van der Waals surface area contributed by atoms with Crippen LogP contribution in [0.15, 0.2) is 12.2 Å². The number of amides is 1. The van der Waals surface area contributed by atoms with Crippen molar-refractivity contribution in [2.45, 2.75) is 429 Å². The van der Waals surface area contributed by atoms with E-state index in [1.807, 2.05) is 6.08 Å². The van der Waals surface area contributed by atoms with Crippen molar-refractivity contribution < 1.29 is 49.3 Å². The van der Waals surface area contributed by atoms with Crippen molar-refractivity contribution in [3.05, 3.63) is 12.2 Å². The first kappa shape index (κ1) is 81.4. The van der Waals surface area contributed by atoms with Gasteiger partial charge in [-0.05, 0) is 32.1 Å². The third-order valence-corrected chi connectivity index (χ3v) is 18.2. The Bertz CT molecular complexity index is 1420. The maximum Gasteiger partial charge on any atom is 0.305 e. The predicted octanol–water partition coefficient (Wildman–Crippen LogP) is 19.4. The molecule has 85 heavy (non-hydrogen) atoms. The highest BCUT2D eigenvalue weighted by molar-refractivity contribution is 5.76. The summed E-state index contributed by atoms with van der Waals surface area (Å²) in [5.74, 6) is -0.159. The maximum absolute atomic E-state index is 13.1. The summed E-state index contributed by atoms with van der Waals surface area (Å²) in [5, 5.41) is 54.5. The molecule has 0 spiro atoms. The van der Waals surface area contributed by atoms with E-state index in [-0.39, 0.29) is 18.5 Å². The Kier molecular flexibility index (Phi) is 61.2. The molecule has 7 unspecified atom stereocenters. The largest absolute Gasteiger partial charge is 0.466 e. The van der Waals surface area contributed by atoms with Crippen LogP contribution in [0.5, 0.6) is 0 Å². The molecule has 7 atom stereocenters. The molecule has 0 aromatic heterocycles. The summed E-state index contributed by atoms with van der Waals surface area (Å²) < 4.78 is 16.8. The Morgan fingerprint density at radius 2 is 0.741 bits per heavy atom. The highest BCUT2D eigenvalue weighted by Gasteiger charge is 2.44. The highest BCUT2D eigenvalue weighted by Crippen LogP contribution is 2.24. The van der Waals surface area contributed by atoms with Crippen LogP contribution in [0, 0.1) is 0 Å². The Morgan fingerprint density at radius 3 is 1.09 bits per heavy atom. The van der Waals surface area contributed by atoms with E-state index in [2.05, 4.69) is 19.2 Å². The molecule has 11 nitrogen and oxygen atoms in total. The van der Waals surface area contributed by atoms with E-state index >= 15 is 0 Å². The standard InChI is InChI=1S/C74H143NO10/c1-3-5-7-9-11-13-15-40-44-48-52-56-60-67(77)66(65-84-74-73(82)72(81)71(80)68(64-76)85-74)75-69(78)61-57-53-49-45-41-38-36-34-32-30-28-26-24-22-20-18-17-19-21-23-25-27-29-31-33-35-37-39-43-47-51-55-59-63-83-70(79)62-58-54-50-46-42-16-14-12-10-8-6-4-2/h56,60,66-68,71-74,76-77,80-82H,3-55,57-59,61-65H2,1-2H3,(H,75,78)/b60-56+. The molecule has 1 fully saturated rings. The average Bonchev–Trinajstić information content (AvgIpc) is 3.30. The van der Waals surface area contributed by atoms with Gasteiger partial charge in [0.2, 0.25) is 5.91 Å². The van der Waals surface area contributed by atoms with Crippen LogP contribution in [0.1, 0.15) is 386 Å². The number of aliphatic hydroxyl groups excluding tert-OH is 5. The van der Waals surface area contributed by atoms with Gasteiger partial charge < -0.3 is 45.1 Å². The molecule has 11 heteroatoms. The Morgan fingerprint density at radius 1 is 0.424 bits per heavy atom. The van der Waals surface area contributed by atoms with E-state index in [0.29, 0.717) is 19.4 Å². The number of hydrogen-bond acceptors (Lipinski definition) is 10. The molecular formula is C74H143NO10. The summed E-state index contributed by atoms with van der Waals surface area (Å²) in [4.78, 5) is 25.1. The summed E-state index contributed by atoms with van der Waals surface area (Å²) >= 11 is 0. The number of rotatable bonds is 67. The van der Waals surface area contributed by atoms with Crippen molar-refractivity contribution in [3.63, 3.8) is 0 Å². The van der Waals surface area contributed by atoms with Crippen molar-refractivity contribution >= 4 is 11.9 Å². The molecule has 0 aliphatic carbocycles. The van der Waals surface area contributed by atoms with E-state index < -0.39 is 49.5 Å². The van der Waals surface area contributed by atoms with Crippen molar-refractivity contribution in [3.8, 4) is 0 Å². The summed E-state index contributed by atoms with van der Waals surface area (Å²) in [5.41, 5.74) is 0. The molecule has 1 aliphatic heterocycles. The van der Waals surface area contributed by atoms with E-state index in [4.69, 9.17) is 14.2 Å². The Balaban J connectivity index is 1.91. The van der Waals surface area contributed by atoms with Crippen LogP contribution < -0.4 is 5.32 Å². The molecule has 1 rings (SSSR count). The average molecular weight is 1210 g/mol. The molecule has 0 radical (unpaired) electrons. The molecule has 504 valence electrons. The van der Waals surface area contributed by atoms with Crippen LogP contribution in [0.3, 0.4) is 0 Å². The number of carbonyl (C=O) groups excluding carboxylic acids is 2. The fourth-order valence-corrected chi connectivity index (χ4v) is 12.3. The van der Waals surface area contributed by atoms with Gasteiger partial charge in [-0.25, -0.2) is 0 Å². The van der Waals surface area contributed by atoms with E-state index in [9.17, 15) is 35.1 Å². The van der Waals surface area contributed by atoms with E-state index in [1.54, 1.807) is 6.08 Å². The normalized spacial score (nSPS) is 17.9. The van der Waals surface area contributed by atoms with Gasteiger partial charge >= 0.3 is 5.97 Å². The third-order valence-electron chi connectivity index (χ3n) is 18.2. The monoisotopic (exact) mass is 1210 g/mol. The zero-order valence-corrected chi connectivity index (χ0v) is 56.1. The lowest BCUT2D eigenvalue weighted by Crippen LogP contribution is -2.60. The molecule has 1 amide bonds. The minimum Gasteiger partial charge on any atom is -0.466 e. The predicted molar refractivity (Wildman–Crippen MR) is 357 cm³/mol. The first-order valence-electron chi connectivity index (χ1n) is 37.5. The second-order valence-corrected chi connectivity index (χ2v) is 26.4. The lowest BCUT2D eigenvalue weighted by Gasteiger charge is -2.40. The quantitative estimate of drug-likeness (QED) is 0.0195. The van der Waals surface area contributed by atoms with Crippen molar-refractivity contribution in [1.82, 2.24) is 5.32 Å². The lowest BCUT2D eigenvalue weighted by atomic mass is 9.99. The van der Waals surface area contributed by atoms with Crippen LogP contribution in [0.25, 0.3) is 0 Å². The first-order valence-corrected chi connectivity index (χ1v) is 37.5. The number of nitrogens with one attached hydrogen (secondary N) is 1. The fraction of sp³-hybridized carbons (Fsp3) is 0.946. The maximum atomic E-state index is 13.1. The van der Waals surface area contributed by atoms with Crippen LogP contribution in [-0.2, 0) is 23.8 Å². The molecule has 0 bridgehead atoms. The SMILES string of the molecule is CCCCCCCCCCCC/C=C/C(O)C(COC1OC(CO)C(O)C(O)C1O)NC(=O)CCCCCCCCCCCCCCCCCCCCCCCCCCCCCCCCCCCOC(=O)CCCCCCCCCCCCCC. The lowest BCUT2D eigenvalue weighted by molar-refractivity contribution is -0.302. The van der Waals surface area contributed by atoms with E-state index in [0.717, 1.165) is 51.4 Å². The number of unbranched alkanes of at least 4 members (excludes halogenated alkanes) is 53. The molecule has 0 aromatic rings. The Labute approximate surface area is 525 Å². The van der Waals surface area contributed by atoms with Gasteiger partial charge in [-0.2, -0.15) is 0 Å². The second kappa shape index (κ2) is 63.9. The van der Waals surface area contributed by atoms with Crippen LogP contribution in [-0.4, -0.2) is 100 Å². The van der Waals surface area contributed by atoms with E-state index in [1.165, 1.54) is 308 Å². The number of allylic oxidation sites excluding steroid dienone is 1. The zero-order valence-electron chi connectivity index (χ0n) is 56.1. The fourth-order valence-electron chi connectivity index (χ4n) is 12.3. The number of ether oxygens (including phenoxy) is 3. The molecule has 1 saturated heterocycles. The second-order valence-electron chi connectivity index (χ2n) is 26.4. The Hall–Kier alpha value is -1.60. The van der Waals surface area contributed by atoms with Gasteiger partial charge in [-0.1, -0.05) is 353 Å². The molecular weight excluding hydrogens is 1060 g/mol. The molecule has 1 aliphatic rings. The molecule has 6 N–H and O–H groups in total. The van der Waals surface area contributed by atoms with Gasteiger partial charge in [0.15, 0.2) is 6.29 Å². The van der Waals surface area contributed by atoms with Gasteiger partial charge in [-0.15, -0.1) is 0 Å². The van der Waals surface area contributed by atoms with Gasteiger partial charge in [0.25, 0.3) is 0 Å². The third kappa shape index (κ3) is 52.8. The number of esters is 1. The summed E-state index contributed by atoms with van der Waals surface area (Å²) in [6.07, 6.45) is 69.4. The molecule has 1 heterocycles. The van der Waals surface area contributed by atoms with Gasteiger partial charge in [0.1, 0.15) is 24.4 Å². The molecule has 0 aromatic carbocycles. The smallest absolute Gasteiger partial charge is 0.305 e. The van der Waals surface area contributed by atoms with Crippen LogP contribution in [0.4, 0.5) is 0 Å². The van der Waals surface area contributed by atoms with Crippen molar-refractivity contribution in [2.24, 2.45) is 0 Å².